The van der Waals surface area contributed by atoms with Gasteiger partial charge < -0.3 is 9.47 Å². The van der Waals surface area contributed by atoms with E-state index in [2.05, 4.69) is 4.98 Å². The largest absolute Gasteiger partial charge is 0.493 e. The zero-order valence-electron chi connectivity index (χ0n) is 19.0. The summed E-state index contributed by atoms with van der Waals surface area (Å²) in [6.07, 6.45) is 4.88. The summed E-state index contributed by atoms with van der Waals surface area (Å²) >= 11 is 0.724. The number of hydrogen-bond donors (Lipinski definition) is 0. The Morgan fingerprint density at radius 3 is 2.47 bits per heavy atom. The predicted molar refractivity (Wildman–Crippen MR) is 132 cm³/mol. The van der Waals surface area contributed by atoms with Gasteiger partial charge in [0.25, 0.3) is 16.8 Å². The van der Waals surface area contributed by atoms with Gasteiger partial charge in [0.2, 0.25) is 0 Å². The number of amides is 2. The molecule has 36 heavy (non-hydrogen) atoms. The number of methoxy groups -OCH3 is 1. The molecular formula is C25H19N3O7S. The van der Waals surface area contributed by atoms with Crippen LogP contribution in [-0.2, 0) is 11.4 Å². The van der Waals surface area contributed by atoms with E-state index in [0.717, 1.165) is 22.2 Å². The van der Waals surface area contributed by atoms with E-state index in [-0.39, 0.29) is 16.2 Å². The van der Waals surface area contributed by atoms with E-state index in [1.165, 1.54) is 37.5 Å². The Balaban J connectivity index is 1.45. The summed E-state index contributed by atoms with van der Waals surface area (Å²) in [5.74, 6) is -0.151. The number of hydrogen-bond acceptors (Lipinski definition) is 9. The van der Waals surface area contributed by atoms with Crippen LogP contribution in [0.4, 0.5) is 10.5 Å². The Labute approximate surface area is 209 Å². The lowest BCUT2D eigenvalue weighted by Crippen LogP contribution is -2.33. The molecule has 10 nitrogen and oxygen atoms in total. The summed E-state index contributed by atoms with van der Waals surface area (Å²) in [6, 6.07) is 13.7. The summed E-state index contributed by atoms with van der Waals surface area (Å²) in [6.45, 7) is -0.148. The molecule has 2 heterocycles. The van der Waals surface area contributed by atoms with E-state index in [4.69, 9.17) is 9.47 Å². The number of pyridine rings is 1. The third-order valence-corrected chi connectivity index (χ3v) is 6.11. The van der Waals surface area contributed by atoms with Gasteiger partial charge in [-0.3, -0.25) is 34.4 Å². The number of ketones is 1. The number of imide groups is 1. The fourth-order valence-corrected chi connectivity index (χ4v) is 4.16. The molecule has 1 aromatic heterocycles. The maximum atomic E-state index is 12.8. The van der Waals surface area contributed by atoms with E-state index < -0.39 is 28.4 Å². The first kappa shape index (κ1) is 24.6. The van der Waals surface area contributed by atoms with Gasteiger partial charge in [0.15, 0.2) is 17.3 Å². The van der Waals surface area contributed by atoms with Gasteiger partial charge in [-0.15, -0.1) is 0 Å². The lowest BCUT2D eigenvalue weighted by molar-refractivity contribution is -0.384. The molecule has 2 amide bonds. The van der Waals surface area contributed by atoms with E-state index >= 15 is 0 Å². The molecule has 1 aliphatic heterocycles. The van der Waals surface area contributed by atoms with Gasteiger partial charge >= 0.3 is 0 Å². The molecule has 0 bridgehead atoms. The number of nitrogens with zero attached hydrogens (tertiary/aromatic N) is 3. The van der Waals surface area contributed by atoms with Crippen molar-refractivity contribution in [2.24, 2.45) is 0 Å². The number of rotatable bonds is 9. The molecule has 1 saturated heterocycles. The van der Waals surface area contributed by atoms with Crippen LogP contribution in [0.2, 0.25) is 0 Å². The van der Waals surface area contributed by atoms with Crippen molar-refractivity contribution >= 4 is 40.5 Å². The molecule has 11 heteroatoms. The highest BCUT2D eigenvalue weighted by molar-refractivity contribution is 8.18. The average Bonchev–Trinajstić information content (AvgIpc) is 3.15. The van der Waals surface area contributed by atoms with Crippen molar-refractivity contribution in [3.63, 3.8) is 0 Å². The highest BCUT2D eigenvalue weighted by Crippen LogP contribution is 2.35. The highest BCUT2D eigenvalue weighted by Gasteiger charge is 2.36. The van der Waals surface area contributed by atoms with Gasteiger partial charge in [0.05, 0.1) is 23.5 Å². The zero-order valence-corrected chi connectivity index (χ0v) is 19.8. The fraction of sp³-hybridized carbons (Fsp3) is 0.120. The topological polar surface area (TPSA) is 129 Å². The fourth-order valence-electron chi connectivity index (χ4n) is 3.32. The van der Waals surface area contributed by atoms with Gasteiger partial charge in [-0.2, -0.15) is 0 Å². The Hall–Kier alpha value is -4.51. The first-order valence-electron chi connectivity index (χ1n) is 10.6. The van der Waals surface area contributed by atoms with Crippen LogP contribution in [0.15, 0.2) is 71.9 Å². The Bertz CT molecular complexity index is 1360. The summed E-state index contributed by atoms with van der Waals surface area (Å²) in [7, 11) is 1.50. The second kappa shape index (κ2) is 10.8. The van der Waals surface area contributed by atoms with Crippen LogP contribution in [0, 0.1) is 10.1 Å². The molecule has 1 fully saturated rings. The van der Waals surface area contributed by atoms with Crippen LogP contribution >= 0.6 is 11.8 Å². The van der Waals surface area contributed by atoms with Crippen molar-refractivity contribution in [3.05, 3.63) is 98.7 Å². The van der Waals surface area contributed by atoms with E-state index in [9.17, 15) is 24.5 Å². The van der Waals surface area contributed by atoms with E-state index in [0.29, 0.717) is 23.7 Å². The second-order valence-electron chi connectivity index (χ2n) is 7.55. The number of carbonyl (C=O) groups is 3. The van der Waals surface area contributed by atoms with Crippen LogP contribution in [0.5, 0.6) is 11.5 Å². The number of non-ortho nitro benzene ring substituents is 1. The molecule has 2 aromatic carbocycles. The molecular weight excluding hydrogens is 486 g/mol. The highest BCUT2D eigenvalue weighted by atomic mass is 32.2. The molecule has 0 spiro atoms. The Morgan fingerprint density at radius 1 is 1.08 bits per heavy atom. The number of ether oxygens (including phenoxy) is 2. The van der Waals surface area contributed by atoms with Gasteiger partial charge in [0, 0.05) is 30.1 Å². The third kappa shape index (κ3) is 5.58. The van der Waals surface area contributed by atoms with E-state index in [1.54, 1.807) is 30.6 Å². The number of carbonyl (C=O) groups excluding carboxylic acids is 3. The Kier molecular flexibility index (Phi) is 7.40. The molecule has 0 unspecified atom stereocenters. The third-order valence-electron chi connectivity index (χ3n) is 5.20. The number of Topliss-reactive ketones (excluding diaryl/α,β-unsaturated/α-hetero) is 1. The molecule has 0 aliphatic carbocycles. The maximum Gasteiger partial charge on any atom is 0.293 e. The normalized spacial score (nSPS) is 14.2. The number of nitro benzene ring substituents is 1. The molecule has 0 saturated carbocycles. The van der Waals surface area contributed by atoms with Crippen LogP contribution in [0.1, 0.15) is 21.5 Å². The monoisotopic (exact) mass is 505 g/mol. The minimum Gasteiger partial charge on any atom is -0.493 e. The minimum absolute atomic E-state index is 0.156. The van der Waals surface area contributed by atoms with Crippen molar-refractivity contribution < 1.29 is 28.8 Å². The molecule has 0 atom stereocenters. The van der Waals surface area contributed by atoms with Crippen LogP contribution in [0.25, 0.3) is 6.08 Å². The standard InChI is InChI=1S/C25H19N3O7S/c1-34-22-12-17(2-7-21(22)35-15-16-8-10-26-11-9-16)13-23-24(30)27(25(31)36-23)14-20(29)18-3-5-19(6-4-18)28(32)33/h2-13H,14-15H2,1H3/b23-13+. The number of nitro groups is 1. The molecule has 182 valence electrons. The zero-order chi connectivity index (χ0) is 25.7. The SMILES string of the molecule is COc1cc(/C=C2/SC(=O)N(CC(=O)c3ccc([N+](=O)[O-])cc3)C2=O)ccc1OCc1ccncc1. The molecule has 1 aliphatic rings. The van der Waals surface area contributed by atoms with Crippen LogP contribution < -0.4 is 9.47 Å². The van der Waals surface area contributed by atoms with Crippen molar-refractivity contribution in [2.45, 2.75) is 6.61 Å². The van der Waals surface area contributed by atoms with Crippen molar-refractivity contribution in [1.29, 1.82) is 0 Å². The van der Waals surface area contributed by atoms with Gasteiger partial charge in [0.1, 0.15) is 6.61 Å². The average molecular weight is 506 g/mol. The summed E-state index contributed by atoms with van der Waals surface area (Å²) in [4.78, 5) is 53.0. The van der Waals surface area contributed by atoms with Gasteiger partial charge in [-0.05, 0) is 65.4 Å². The first-order valence-corrected chi connectivity index (χ1v) is 11.4. The van der Waals surface area contributed by atoms with Crippen molar-refractivity contribution in [2.75, 3.05) is 13.7 Å². The minimum atomic E-state index is -0.600. The van der Waals surface area contributed by atoms with Crippen LogP contribution in [-0.4, -0.2) is 45.4 Å². The summed E-state index contributed by atoms with van der Waals surface area (Å²) < 4.78 is 11.2. The molecule has 0 radical (unpaired) electrons. The summed E-state index contributed by atoms with van der Waals surface area (Å²) in [5.41, 5.74) is 1.55. The smallest absolute Gasteiger partial charge is 0.293 e. The number of thioether (sulfide) groups is 1. The maximum absolute atomic E-state index is 12.8. The van der Waals surface area contributed by atoms with Crippen molar-refractivity contribution in [1.82, 2.24) is 9.88 Å². The quantitative estimate of drug-likeness (QED) is 0.179. The first-order chi connectivity index (χ1) is 17.4. The van der Waals surface area contributed by atoms with Crippen molar-refractivity contribution in [3.8, 4) is 11.5 Å². The number of aromatic nitrogens is 1. The lowest BCUT2D eigenvalue weighted by Gasteiger charge is -2.12. The lowest BCUT2D eigenvalue weighted by atomic mass is 10.1. The van der Waals surface area contributed by atoms with Gasteiger partial charge in [-0.1, -0.05) is 6.07 Å². The second-order valence-corrected chi connectivity index (χ2v) is 8.54. The molecule has 4 rings (SSSR count). The molecule has 3 aromatic rings. The Morgan fingerprint density at radius 2 is 1.81 bits per heavy atom. The van der Waals surface area contributed by atoms with E-state index in [1.807, 2.05) is 12.1 Å². The van der Waals surface area contributed by atoms with Gasteiger partial charge in [-0.25, -0.2) is 0 Å². The molecule has 0 N–H and O–H groups in total. The number of benzene rings is 2. The predicted octanol–water partition coefficient (Wildman–Crippen LogP) is 4.50. The van der Waals surface area contributed by atoms with Crippen LogP contribution in [0.3, 0.4) is 0 Å². The summed E-state index contributed by atoms with van der Waals surface area (Å²) in [5, 5.41) is 10.2.